The van der Waals surface area contributed by atoms with Gasteiger partial charge in [-0.3, -0.25) is 0 Å². The monoisotopic (exact) mass is 251 g/mol. The van der Waals surface area contributed by atoms with Crippen LogP contribution in [0.3, 0.4) is 0 Å². The van der Waals surface area contributed by atoms with Crippen LogP contribution in [-0.4, -0.2) is 24.2 Å². The molecule has 2 heterocycles. The molecule has 18 heavy (non-hydrogen) atoms. The van der Waals surface area contributed by atoms with Crippen molar-refractivity contribution < 1.29 is 19.7 Å². The molecule has 0 atom stereocenters. The molecule has 1 saturated heterocycles. The maximum atomic E-state index is 10.5. The summed E-state index contributed by atoms with van der Waals surface area (Å²) in [5.74, 6) is -0.343. The molecule has 3 rings (SSSR count). The van der Waals surface area contributed by atoms with Gasteiger partial charge in [0.05, 0.1) is 5.56 Å². The summed E-state index contributed by atoms with van der Waals surface area (Å²) in [6.07, 6.45) is 4.22. The predicted octanol–water partition coefficient (Wildman–Crippen LogP) is 1.97. The number of aromatic carboxylic acids is 1. The van der Waals surface area contributed by atoms with Gasteiger partial charge in [0.1, 0.15) is 6.61 Å². The SMILES string of the molecule is C1CCNCC1.O=C(O)c1ccc2c(c1)COO2. The lowest BCUT2D eigenvalue weighted by molar-refractivity contribution is -0.194. The molecule has 2 aliphatic heterocycles. The van der Waals surface area contributed by atoms with E-state index in [1.807, 2.05) is 0 Å². The molecule has 0 unspecified atom stereocenters. The lowest BCUT2D eigenvalue weighted by Crippen LogP contribution is -2.21. The highest BCUT2D eigenvalue weighted by molar-refractivity contribution is 5.88. The van der Waals surface area contributed by atoms with Crippen LogP contribution in [0.5, 0.6) is 5.75 Å². The minimum atomic E-state index is -0.940. The fourth-order valence-corrected chi connectivity index (χ4v) is 1.86. The molecule has 1 aromatic rings. The van der Waals surface area contributed by atoms with Gasteiger partial charge in [0.2, 0.25) is 0 Å². The largest absolute Gasteiger partial charge is 0.478 e. The zero-order chi connectivity index (χ0) is 12.8. The topological polar surface area (TPSA) is 67.8 Å². The first-order valence-corrected chi connectivity index (χ1v) is 6.14. The number of hydrogen-bond donors (Lipinski definition) is 2. The third-order valence-electron chi connectivity index (χ3n) is 2.88. The second kappa shape index (κ2) is 6.37. The first kappa shape index (κ1) is 12.9. The van der Waals surface area contributed by atoms with E-state index in [1.165, 1.54) is 38.4 Å². The molecule has 2 N–H and O–H groups in total. The average Bonchev–Trinajstić information content (AvgIpc) is 2.88. The third kappa shape index (κ3) is 3.45. The number of benzene rings is 1. The van der Waals surface area contributed by atoms with Crippen LogP contribution in [0.25, 0.3) is 0 Å². The summed E-state index contributed by atoms with van der Waals surface area (Å²) in [7, 11) is 0. The molecular weight excluding hydrogens is 234 g/mol. The van der Waals surface area contributed by atoms with E-state index >= 15 is 0 Å². The average molecular weight is 251 g/mol. The fraction of sp³-hybridized carbons (Fsp3) is 0.462. The first-order chi connectivity index (χ1) is 8.77. The summed E-state index contributed by atoms with van der Waals surface area (Å²) in [6, 6.07) is 4.62. The normalized spacial score (nSPS) is 17.1. The van der Waals surface area contributed by atoms with Crippen LogP contribution in [0.1, 0.15) is 35.2 Å². The minimum Gasteiger partial charge on any atom is -0.478 e. The van der Waals surface area contributed by atoms with Gasteiger partial charge in [-0.15, -0.1) is 0 Å². The third-order valence-corrected chi connectivity index (χ3v) is 2.88. The number of rotatable bonds is 1. The molecule has 5 nitrogen and oxygen atoms in total. The molecule has 1 fully saturated rings. The van der Waals surface area contributed by atoms with E-state index in [9.17, 15) is 4.79 Å². The van der Waals surface area contributed by atoms with Crippen LogP contribution in [0, 0.1) is 0 Å². The summed E-state index contributed by atoms with van der Waals surface area (Å²) >= 11 is 0. The van der Waals surface area contributed by atoms with E-state index in [1.54, 1.807) is 12.1 Å². The fourth-order valence-electron chi connectivity index (χ4n) is 1.86. The zero-order valence-electron chi connectivity index (χ0n) is 10.1. The lowest BCUT2D eigenvalue weighted by Gasteiger charge is -2.08. The Bertz CT molecular complexity index is 404. The molecule has 0 spiro atoms. The van der Waals surface area contributed by atoms with Gasteiger partial charge in [-0.1, -0.05) is 6.42 Å². The summed E-state index contributed by atoms with van der Waals surface area (Å²) in [5.41, 5.74) is 1.03. The smallest absolute Gasteiger partial charge is 0.335 e. The Labute approximate surface area is 106 Å². The van der Waals surface area contributed by atoms with E-state index in [2.05, 4.69) is 10.2 Å². The molecule has 2 aliphatic rings. The Morgan fingerprint density at radius 3 is 2.56 bits per heavy atom. The molecule has 0 bridgehead atoms. The molecule has 0 aliphatic carbocycles. The van der Waals surface area contributed by atoms with Crippen molar-refractivity contribution in [2.45, 2.75) is 25.9 Å². The van der Waals surface area contributed by atoms with Crippen LogP contribution in [0.2, 0.25) is 0 Å². The number of carboxylic acid groups (broad SMARTS) is 1. The van der Waals surface area contributed by atoms with E-state index in [0.29, 0.717) is 12.4 Å². The van der Waals surface area contributed by atoms with Gasteiger partial charge in [-0.25, -0.2) is 4.79 Å². The number of nitrogens with one attached hydrogen (secondary N) is 1. The van der Waals surface area contributed by atoms with Gasteiger partial charge in [0.15, 0.2) is 5.75 Å². The maximum Gasteiger partial charge on any atom is 0.335 e. The number of carboxylic acids is 1. The van der Waals surface area contributed by atoms with Crippen molar-refractivity contribution in [1.29, 1.82) is 0 Å². The molecule has 0 radical (unpaired) electrons. The zero-order valence-corrected chi connectivity index (χ0v) is 10.1. The van der Waals surface area contributed by atoms with Gasteiger partial charge in [0.25, 0.3) is 0 Å². The van der Waals surface area contributed by atoms with Gasteiger partial charge in [-0.2, -0.15) is 4.89 Å². The molecule has 1 aromatic carbocycles. The van der Waals surface area contributed by atoms with Gasteiger partial charge in [-0.05, 0) is 44.1 Å². The van der Waals surface area contributed by atoms with Crippen LogP contribution in [0.4, 0.5) is 0 Å². The molecule has 0 aromatic heterocycles. The van der Waals surface area contributed by atoms with Gasteiger partial charge >= 0.3 is 5.97 Å². The summed E-state index contributed by atoms with van der Waals surface area (Å²) in [4.78, 5) is 19.9. The standard InChI is InChI=1S/C8H6O4.C5H11N/c9-8(10)5-1-2-7-6(3-5)4-11-12-7;1-2-4-6-5-3-1/h1-3H,4H2,(H,9,10);6H,1-5H2. The van der Waals surface area contributed by atoms with Crippen LogP contribution in [0.15, 0.2) is 18.2 Å². The molecular formula is C13H17NO4. The van der Waals surface area contributed by atoms with Gasteiger partial charge in [0, 0.05) is 5.56 Å². The second-order valence-corrected chi connectivity index (χ2v) is 4.28. The Morgan fingerprint density at radius 1 is 1.22 bits per heavy atom. The highest BCUT2D eigenvalue weighted by atomic mass is 17.2. The Morgan fingerprint density at radius 2 is 2.00 bits per heavy atom. The number of fused-ring (bicyclic) bond motifs is 1. The molecule has 5 heteroatoms. The summed E-state index contributed by atoms with van der Waals surface area (Å²) < 4.78 is 0. The molecule has 98 valence electrons. The van der Waals surface area contributed by atoms with E-state index in [-0.39, 0.29) is 5.56 Å². The van der Waals surface area contributed by atoms with E-state index in [4.69, 9.17) is 9.99 Å². The van der Waals surface area contributed by atoms with E-state index in [0.717, 1.165) is 5.56 Å². The Hall–Kier alpha value is -1.59. The van der Waals surface area contributed by atoms with E-state index < -0.39 is 5.97 Å². The van der Waals surface area contributed by atoms with Crippen molar-refractivity contribution in [3.8, 4) is 5.75 Å². The van der Waals surface area contributed by atoms with Crippen LogP contribution >= 0.6 is 0 Å². The highest BCUT2D eigenvalue weighted by Crippen LogP contribution is 2.26. The Balaban J connectivity index is 0.000000169. The number of carbonyl (C=O) groups is 1. The van der Waals surface area contributed by atoms with Gasteiger partial charge < -0.3 is 15.3 Å². The summed E-state index contributed by atoms with van der Waals surface area (Å²) in [5, 5.41) is 11.9. The van der Waals surface area contributed by atoms with Crippen molar-refractivity contribution in [1.82, 2.24) is 5.32 Å². The quantitative estimate of drug-likeness (QED) is 0.747. The summed E-state index contributed by atoms with van der Waals surface area (Å²) in [6.45, 7) is 2.82. The van der Waals surface area contributed by atoms with Crippen molar-refractivity contribution in [2.24, 2.45) is 0 Å². The number of hydrogen-bond acceptors (Lipinski definition) is 4. The van der Waals surface area contributed by atoms with Crippen molar-refractivity contribution >= 4 is 5.97 Å². The van der Waals surface area contributed by atoms with Crippen molar-refractivity contribution in [3.63, 3.8) is 0 Å². The second-order valence-electron chi connectivity index (χ2n) is 4.28. The number of piperidine rings is 1. The predicted molar refractivity (Wildman–Crippen MR) is 65.5 cm³/mol. The van der Waals surface area contributed by atoms with Crippen molar-refractivity contribution in [2.75, 3.05) is 13.1 Å². The minimum absolute atomic E-state index is 0.253. The maximum absolute atomic E-state index is 10.5. The van der Waals surface area contributed by atoms with Crippen molar-refractivity contribution in [3.05, 3.63) is 29.3 Å². The molecule has 0 saturated carbocycles. The highest BCUT2D eigenvalue weighted by Gasteiger charge is 2.15. The lowest BCUT2D eigenvalue weighted by atomic mass is 10.1. The molecule has 0 amide bonds. The first-order valence-electron chi connectivity index (χ1n) is 6.14. The van der Waals surface area contributed by atoms with Crippen LogP contribution in [-0.2, 0) is 11.5 Å². The Kier molecular flexibility index (Phi) is 4.55. The van der Waals surface area contributed by atoms with Crippen LogP contribution < -0.4 is 10.2 Å².